The summed E-state index contributed by atoms with van der Waals surface area (Å²) in [7, 11) is 0. The van der Waals surface area contributed by atoms with Crippen LogP contribution in [0.15, 0.2) is 28.8 Å². The Balaban J connectivity index is 1.74. The molecule has 1 aliphatic carbocycles. The molecule has 2 aliphatic heterocycles. The molecule has 20 heavy (non-hydrogen) atoms. The smallest absolute Gasteiger partial charge is 0.338 e. The molecule has 1 N–H and O–H groups in total. The zero-order chi connectivity index (χ0) is 13.7. The number of carbonyl (C=O) groups is 2. The molecule has 4 rings (SSSR count). The van der Waals surface area contributed by atoms with Gasteiger partial charge >= 0.3 is 12.0 Å². The Labute approximate surface area is 120 Å². The van der Waals surface area contributed by atoms with Crippen molar-refractivity contribution < 1.29 is 14.3 Å². The minimum Gasteiger partial charge on any atom is -0.456 e. The SMILES string of the molecule is O=C1OCC2=C1C(c1cccs1)NC(=O)N2CC1CC1. The Bertz CT molecular complexity index is 604. The van der Waals surface area contributed by atoms with Crippen molar-refractivity contribution in [2.24, 2.45) is 5.92 Å². The van der Waals surface area contributed by atoms with E-state index < -0.39 is 0 Å². The first-order valence-electron chi connectivity index (χ1n) is 6.75. The number of amides is 2. The largest absolute Gasteiger partial charge is 0.456 e. The van der Waals surface area contributed by atoms with E-state index >= 15 is 0 Å². The molecule has 3 aliphatic rings. The van der Waals surface area contributed by atoms with Crippen molar-refractivity contribution >= 4 is 23.3 Å². The summed E-state index contributed by atoms with van der Waals surface area (Å²) in [4.78, 5) is 27.0. The van der Waals surface area contributed by atoms with Crippen LogP contribution in [-0.4, -0.2) is 30.1 Å². The second-order valence-corrected chi connectivity index (χ2v) is 6.37. The van der Waals surface area contributed by atoms with Crippen molar-refractivity contribution in [3.8, 4) is 0 Å². The maximum Gasteiger partial charge on any atom is 0.338 e. The number of hydrogen-bond acceptors (Lipinski definition) is 4. The number of thiophene rings is 1. The number of carbonyl (C=O) groups excluding carboxylic acids is 2. The highest BCUT2D eigenvalue weighted by Gasteiger charge is 2.43. The third-order valence-electron chi connectivity index (χ3n) is 3.96. The molecule has 1 aromatic rings. The van der Waals surface area contributed by atoms with E-state index in [1.807, 2.05) is 17.5 Å². The predicted octanol–water partition coefficient (Wildman–Crippen LogP) is 2.04. The van der Waals surface area contributed by atoms with E-state index in [1.54, 1.807) is 4.90 Å². The number of nitrogens with one attached hydrogen (secondary N) is 1. The lowest BCUT2D eigenvalue weighted by Gasteiger charge is -2.32. The van der Waals surface area contributed by atoms with E-state index in [2.05, 4.69) is 5.32 Å². The summed E-state index contributed by atoms with van der Waals surface area (Å²) in [5.74, 6) is 0.266. The van der Waals surface area contributed by atoms with Gasteiger partial charge in [0.1, 0.15) is 6.61 Å². The van der Waals surface area contributed by atoms with Crippen LogP contribution < -0.4 is 5.32 Å². The van der Waals surface area contributed by atoms with Crippen molar-refractivity contribution in [3.05, 3.63) is 33.7 Å². The number of esters is 1. The number of nitrogens with zero attached hydrogens (tertiary/aromatic N) is 1. The fourth-order valence-corrected chi connectivity index (χ4v) is 3.52. The van der Waals surface area contributed by atoms with Crippen LogP contribution in [-0.2, 0) is 9.53 Å². The average Bonchev–Trinajstić information content (AvgIpc) is 2.94. The Morgan fingerprint density at radius 1 is 1.40 bits per heavy atom. The van der Waals surface area contributed by atoms with Crippen LogP contribution in [0.1, 0.15) is 23.8 Å². The molecule has 0 radical (unpaired) electrons. The van der Waals surface area contributed by atoms with Gasteiger partial charge in [0.2, 0.25) is 0 Å². The highest BCUT2D eigenvalue weighted by Crippen LogP contribution is 2.39. The van der Waals surface area contributed by atoms with Crippen molar-refractivity contribution in [2.75, 3.05) is 13.2 Å². The van der Waals surface area contributed by atoms with Gasteiger partial charge in [0.25, 0.3) is 0 Å². The van der Waals surface area contributed by atoms with E-state index in [-0.39, 0.29) is 24.6 Å². The quantitative estimate of drug-likeness (QED) is 0.867. The number of cyclic esters (lactones) is 1. The Morgan fingerprint density at radius 3 is 2.95 bits per heavy atom. The molecule has 2 amide bonds. The maximum atomic E-state index is 12.3. The first-order chi connectivity index (χ1) is 9.74. The van der Waals surface area contributed by atoms with E-state index in [0.29, 0.717) is 18.0 Å². The monoisotopic (exact) mass is 290 g/mol. The zero-order valence-electron chi connectivity index (χ0n) is 10.8. The van der Waals surface area contributed by atoms with Crippen molar-refractivity contribution in [1.29, 1.82) is 0 Å². The summed E-state index contributed by atoms with van der Waals surface area (Å²) in [5, 5.41) is 4.89. The minimum absolute atomic E-state index is 0.118. The van der Waals surface area contributed by atoms with E-state index in [9.17, 15) is 9.59 Å². The summed E-state index contributed by atoms with van der Waals surface area (Å²) in [6.07, 6.45) is 2.32. The second-order valence-electron chi connectivity index (χ2n) is 5.39. The van der Waals surface area contributed by atoms with E-state index in [4.69, 9.17) is 4.74 Å². The van der Waals surface area contributed by atoms with Gasteiger partial charge in [-0.3, -0.25) is 4.90 Å². The lowest BCUT2D eigenvalue weighted by atomic mass is 10.0. The van der Waals surface area contributed by atoms with Crippen molar-refractivity contribution in [3.63, 3.8) is 0 Å². The molecule has 104 valence electrons. The Kier molecular flexibility index (Phi) is 2.60. The van der Waals surface area contributed by atoms with Gasteiger partial charge in [0, 0.05) is 11.4 Å². The van der Waals surface area contributed by atoms with Gasteiger partial charge in [-0.25, -0.2) is 9.59 Å². The molecule has 5 nitrogen and oxygen atoms in total. The summed E-state index contributed by atoms with van der Waals surface area (Å²) < 4.78 is 5.17. The average molecular weight is 290 g/mol. The molecule has 1 unspecified atom stereocenters. The van der Waals surface area contributed by atoms with Gasteiger partial charge in [0.05, 0.1) is 17.3 Å². The maximum absolute atomic E-state index is 12.3. The molecule has 1 fully saturated rings. The fraction of sp³-hybridized carbons (Fsp3) is 0.429. The van der Waals surface area contributed by atoms with Crippen LogP contribution >= 0.6 is 11.3 Å². The number of hydrogen-bond donors (Lipinski definition) is 1. The fourth-order valence-electron chi connectivity index (χ4n) is 2.73. The molecule has 1 saturated carbocycles. The standard InChI is InChI=1S/C14H14N2O3S/c17-13-11-9(7-19-13)16(6-8-3-4-8)14(18)15-12(11)10-2-1-5-20-10/h1-2,5,8,12H,3-4,6-7H2,(H,15,18). The van der Waals surface area contributed by atoms with Gasteiger partial charge in [-0.15, -0.1) is 11.3 Å². The van der Waals surface area contributed by atoms with Crippen LogP contribution in [0.2, 0.25) is 0 Å². The zero-order valence-corrected chi connectivity index (χ0v) is 11.6. The molecule has 3 heterocycles. The predicted molar refractivity (Wildman–Crippen MR) is 73.0 cm³/mol. The summed E-state index contributed by atoms with van der Waals surface area (Å²) >= 11 is 1.53. The lowest BCUT2D eigenvalue weighted by Crippen LogP contribution is -2.47. The summed E-state index contributed by atoms with van der Waals surface area (Å²) in [6.45, 7) is 0.911. The van der Waals surface area contributed by atoms with E-state index in [1.165, 1.54) is 11.3 Å². The molecule has 1 aromatic heterocycles. The van der Waals surface area contributed by atoms with Gasteiger partial charge in [-0.2, -0.15) is 0 Å². The molecule has 0 saturated heterocycles. The summed E-state index contributed by atoms with van der Waals surface area (Å²) in [6, 6.07) is 3.38. The second kappa shape index (κ2) is 4.34. The van der Waals surface area contributed by atoms with Gasteiger partial charge < -0.3 is 10.1 Å². The van der Waals surface area contributed by atoms with Crippen LogP contribution in [0.5, 0.6) is 0 Å². The van der Waals surface area contributed by atoms with Crippen molar-refractivity contribution in [2.45, 2.75) is 18.9 Å². The lowest BCUT2D eigenvalue weighted by molar-refractivity contribution is -0.136. The molecule has 1 atom stereocenters. The Morgan fingerprint density at radius 2 is 2.25 bits per heavy atom. The topological polar surface area (TPSA) is 58.6 Å². The van der Waals surface area contributed by atoms with Crippen molar-refractivity contribution in [1.82, 2.24) is 10.2 Å². The van der Waals surface area contributed by atoms with Gasteiger partial charge in [0.15, 0.2) is 0 Å². The summed E-state index contributed by atoms with van der Waals surface area (Å²) in [5.41, 5.74) is 1.36. The van der Waals surface area contributed by atoms with Crippen LogP contribution in [0.3, 0.4) is 0 Å². The molecule has 0 aromatic carbocycles. The normalized spacial score (nSPS) is 25.6. The van der Waals surface area contributed by atoms with Gasteiger partial charge in [-0.1, -0.05) is 6.07 Å². The van der Waals surface area contributed by atoms with Crippen LogP contribution in [0, 0.1) is 5.92 Å². The minimum atomic E-state index is -0.358. The molecule has 6 heteroatoms. The number of rotatable bonds is 3. The first kappa shape index (κ1) is 12.0. The third-order valence-corrected chi connectivity index (χ3v) is 4.90. The van der Waals surface area contributed by atoms with Crippen LogP contribution in [0.25, 0.3) is 0 Å². The first-order valence-corrected chi connectivity index (χ1v) is 7.63. The number of ether oxygens (including phenoxy) is 1. The molecule has 0 spiro atoms. The molecule has 0 bridgehead atoms. The van der Waals surface area contributed by atoms with Crippen LogP contribution in [0.4, 0.5) is 4.79 Å². The highest BCUT2D eigenvalue weighted by molar-refractivity contribution is 7.10. The Hall–Kier alpha value is -1.82. The third kappa shape index (κ3) is 1.83. The number of urea groups is 1. The van der Waals surface area contributed by atoms with E-state index in [0.717, 1.165) is 23.4 Å². The molecular weight excluding hydrogens is 276 g/mol. The highest BCUT2D eigenvalue weighted by atomic mass is 32.1. The van der Waals surface area contributed by atoms with Gasteiger partial charge in [-0.05, 0) is 30.2 Å². The molecular formula is C14H14N2O3S.